The lowest BCUT2D eigenvalue weighted by Crippen LogP contribution is -2.54. The Kier molecular flexibility index (Phi) is 2.59. The van der Waals surface area contributed by atoms with Crippen LogP contribution in [0.4, 0.5) is 0 Å². The van der Waals surface area contributed by atoms with E-state index < -0.39 is 5.79 Å². The molecule has 0 saturated carbocycles. The van der Waals surface area contributed by atoms with Crippen LogP contribution in [0.5, 0.6) is 0 Å². The zero-order chi connectivity index (χ0) is 11.9. The first-order valence-corrected chi connectivity index (χ1v) is 6.19. The van der Waals surface area contributed by atoms with Crippen LogP contribution in [0, 0.1) is 0 Å². The summed E-state index contributed by atoms with van der Waals surface area (Å²) in [5.74, 6) is -0.690. The Bertz CT molecular complexity index is 565. The zero-order valence-corrected chi connectivity index (χ0v) is 10.7. The summed E-state index contributed by atoms with van der Waals surface area (Å²) in [6.07, 6.45) is 3.36. The van der Waals surface area contributed by atoms with Crippen molar-refractivity contribution in [2.75, 3.05) is 13.1 Å². The zero-order valence-electron chi connectivity index (χ0n) is 9.07. The van der Waals surface area contributed by atoms with E-state index in [4.69, 9.17) is 5.73 Å². The quantitative estimate of drug-likeness (QED) is 0.720. The second-order valence-electron chi connectivity index (χ2n) is 4.01. The Morgan fingerprint density at radius 3 is 2.65 bits per heavy atom. The summed E-state index contributed by atoms with van der Waals surface area (Å²) >= 11 is 3.56. The molecule has 0 aliphatic carbocycles. The molecule has 1 aliphatic rings. The van der Waals surface area contributed by atoms with Gasteiger partial charge in [-0.25, -0.2) is 0 Å². The molecule has 1 aromatic heterocycles. The smallest absolute Gasteiger partial charge is 0.149 e. The van der Waals surface area contributed by atoms with Crippen LogP contribution < -0.4 is 16.4 Å². The Morgan fingerprint density at radius 2 is 1.88 bits per heavy atom. The van der Waals surface area contributed by atoms with Crippen LogP contribution in [0.25, 0.3) is 11.0 Å². The van der Waals surface area contributed by atoms with Gasteiger partial charge < -0.3 is 0 Å². The summed E-state index contributed by atoms with van der Waals surface area (Å²) < 4.78 is 0.882. The van der Waals surface area contributed by atoms with Gasteiger partial charge in [-0.15, -0.1) is 0 Å². The molecule has 0 atom stereocenters. The third-order valence-corrected chi connectivity index (χ3v) is 3.74. The van der Waals surface area contributed by atoms with Crippen molar-refractivity contribution in [3.8, 4) is 0 Å². The van der Waals surface area contributed by atoms with Gasteiger partial charge in [0.25, 0.3) is 0 Å². The molecule has 0 spiro atoms. The number of hydrogen-bond acceptors (Lipinski definition) is 5. The molecule has 1 aliphatic heterocycles. The SMILES string of the molecule is NC1(c2ccc3nccnc3c2Br)NCCN1. The summed E-state index contributed by atoms with van der Waals surface area (Å²) in [5.41, 5.74) is 8.90. The molecular formula is C11H12BrN5. The molecule has 88 valence electrons. The highest BCUT2D eigenvalue weighted by atomic mass is 79.9. The first kappa shape index (κ1) is 11.0. The van der Waals surface area contributed by atoms with E-state index >= 15 is 0 Å². The first-order chi connectivity index (χ1) is 8.21. The molecule has 1 fully saturated rings. The molecule has 0 bridgehead atoms. The molecule has 0 unspecified atom stereocenters. The average molecular weight is 294 g/mol. The van der Waals surface area contributed by atoms with Gasteiger partial charge in [-0.05, 0) is 22.0 Å². The number of nitrogens with zero attached hydrogens (tertiary/aromatic N) is 2. The molecule has 1 saturated heterocycles. The van der Waals surface area contributed by atoms with Crippen molar-refractivity contribution in [2.45, 2.75) is 5.79 Å². The molecular weight excluding hydrogens is 282 g/mol. The summed E-state index contributed by atoms with van der Waals surface area (Å²) in [4.78, 5) is 8.58. The normalized spacial score (nSPS) is 18.7. The Hall–Kier alpha value is -1.08. The van der Waals surface area contributed by atoms with Crippen LogP contribution in [0.1, 0.15) is 5.56 Å². The highest BCUT2D eigenvalue weighted by molar-refractivity contribution is 9.10. The molecule has 0 amide bonds. The monoisotopic (exact) mass is 293 g/mol. The molecule has 3 rings (SSSR count). The van der Waals surface area contributed by atoms with Crippen molar-refractivity contribution in [1.82, 2.24) is 20.6 Å². The van der Waals surface area contributed by atoms with E-state index in [0.29, 0.717) is 0 Å². The summed E-state index contributed by atoms with van der Waals surface area (Å²) in [6, 6.07) is 3.89. The highest BCUT2D eigenvalue weighted by Gasteiger charge is 2.32. The van der Waals surface area contributed by atoms with Gasteiger partial charge in [0.1, 0.15) is 11.3 Å². The third kappa shape index (κ3) is 1.73. The van der Waals surface area contributed by atoms with Gasteiger partial charge in [-0.3, -0.25) is 26.3 Å². The minimum absolute atomic E-state index is 0.690. The summed E-state index contributed by atoms with van der Waals surface area (Å²) in [7, 11) is 0. The van der Waals surface area contributed by atoms with E-state index in [9.17, 15) is 0 Å². The third-order valence-electron chi connectivity index (χ3n) is 2.94. The molecule has 2 aromatic rings. The number of nitrogens with one attached hydrogen (secondary N) is 2. The average Bonchev–Trinajstić information content (AvgIpc) is 2.78. The molecule has 5 nitrogen and oxygen atoms in total. The van der Waals surface area contributed by atoms with Gasteiger partial charge >= 0.3 is 0 Å². The summed E-state index contributed by atoms with van der Waals surface area (Å²) in [5, 5.41) is 6.49. The molecule has 6 heteroatoms. The van der Waals surface area contributed by atoms with Crippen LogP contribution in [0.2, 0.25) is 0 Å². The largest absolute Gasteiger partial charge is 0.297 e. The maximum atomic E-state index is 6.27. The van der Waals surface area contributed by atoms with Crippen molar-refractivity contribution >= 4 is 27.0 Å². The Labute approximate surface area is 107 Å². The van der Waals surface area contributed by atoms with E-state index in [1.165, 1.54) is 0 Å². The van der Waals surface area contributed by atoms with Gasteiger partial charge in [-0.2, -0.15) is 0 Å². The number of halogens is 1. The van der Waals surface area contributed by atoms with Crippen LogP contribution in [-0.4, -0.2) is 23.1 Å². The highest BCUT2D eigenvalue weighted by Crippen LogP contribution is 2.30. The maximum absolute atomic E-state index is 6.27. The Balaban J connectivity index is 2.21. The van der Waals surface area contributed by atoms with Gasteiger partial charge in [0, 0.05) is 31.0 Å². The number of rotatable bonds is 1. The van der Waals surface area contributed by atoms with Crippen molar-refractivity contribution in [1.29, 1.82) is 0 Å². The van der Waals surface area contributed by atoms with E-state index in [1.54, 1.807) is 12.4 Å². The fourth-order valence-corrected chi connectivity index (χ4v) is 2.83. The molecule has 4 N–H and O–H groups in total. The van der Waals surface area contributed by atoms with E-state index in [0.717, 1.165) is 34.2 Å². The molecule has 1 aromatic carbocycles. The second kappa shape index (κ2) is 3.99. The topological polar surface area (TPSA) is 75.9 Å². The maximum Gasteiger partial charge on any atom is 0.149 e. The van der Waals surface area contributed by atoms with Gasteiger partial charge in [0.05, 0.1) is 9.99 Å². The predicted octanol–water partition coefficient (Wildman–Crippen LogP) is 0.654. The van der Waals surface area contributed by atoms with E-state index in [-0.39, 0.29) is 0 Å². The minimum atomic E-state index is -0.690. The first-order valence-electron chi connectivity index (χ1n) is 5.39. The summed E-state index contributed by atoms with van der Waals surface area (Å²) in [6.45, 7) is 1.70. The van der Waals surface area contributed by atoms with E-state index in [1.807, 2.05) is 12.1 Å². The van der Waals surface area contributed by atoms with Crippen molar-refractivity contribution in [3.63, 3.8) is 0 Å². The lowest BCUT2D eigenvalue weighted by molar-refractivity contribution is 0.359. The van der Waals surface area contributed by atoms with Gasteiger partial charge in [0.2, 0.25) is 0 Å². The van der Waals surface area contributed by atoms with Crippen molar-refractivity contribution in [2.24, 2.45) is 5.73 Å². The number of aromatic nitrogens is 2. The van der Waals surface area contributed by atoms with Crippen molar-refractivity contribution in [3.05, 3.63) is 34.6 Å². The standard InChI is InChI=1S/C11H12BrN5/c12-9-7(11(13)16-5-6-17-11)1-2-8-10(9)15-4-3-14-8/h1-4,16-17H,5-6,13H2. The number of benzene rings is 1. The van der Waals surface area contributed by atoms with Crippen LogP contribution >= 0.6 is 15.9 Å². The van der Waals surface area contributed by atoms with Gasteiger partial charge in [0.15, 0.2) is 0 Å². The fraction of sp³-hybridized carbons (Fsp3) is 0.273. The molecule has 17 heavy (non-hydrogen) atoms. The van der Waals surface area contributed by atoms with Crippen molar-refractivity contribution < 1.29 is 0 Å². The Morgan fingerprint density at radius 1 is 1.18 bits per heavy atom. The second-order valence-corrected chi connectivity index (χ2v) is 4.81. The van der Waals surface area contributed by atoms with Crippen LogP contribution in [-0.2, 0) is 5.79 Å². The van der Waals surface area contributed by atoms with Crippen LogP contribution in [0.15, 0.2) is 29.0 Å². The number of nitrogens with two attached hydrogens (primary N) is 1. The van der Waals surface area contributed by atoms with Gasteiger partial charge in [-0.1, -0.05) is 6.07 Å². The molecule has 0 radical (unpaired) electrons. The van der Waals surface area contributed by atoms with Crippen LogP contribution in [0.3, 0.4) is 0 Å². The lowest BCUT2D eigenvalue weighted by Gasteiger charge is -2.26. The predicted molar refractivity (Wildman–Crippen MR) is 69.1 cm³/mol. The minimum Gasteiger partial charge on any atom is -0.297 e. The number of fused-ring (bicyclic) bond motifs is 1. The number of hydrogen-bond donors (Lipinski definition) is 3. The lowest BCUT2D eigenvalue weighted by atomic mass is 10.1. The van der Waals surface area contributed by atoms with E-state index in [2.05, 4.69) is 36.5 Å². The molecule has 2 heterocycles. The fourth-order valence-electron chi connectivity index (χ4n) is 2.08.